The number of nitrogens with zero attached hydrogens (tertiary/aromatic N) is 5. The Bertz CT molecular complexity index is 584. The highest BCUT2D eigenvalue weighted by atomic mass is 16.5. The summed E-state index contributed by atoms with van der Waals surface area (Å²) >= 11 is 0. The van der Waals surface area contributed by atoms with Crippen LogP contribution in [0.15, 0.2) is 24.3 Å². The van der Waals surface area contributed by atoms with E-state index in [1.807, 2.05) is 25.2 Å². The Labute approximate surface area is 117 Å². The molecule has 1 fully saturated rings. The molecule has 1 saturated heterocycles. The van der Waals surface area contributed by atoms with Crippen molar-refractivity contribution >= 4 is 11.6 Å². The number of aryl methyl sites for hydroxylation is 1. The Hall–Kier alpha value is -2.31. The summed E-state index contributed by atoms with van der Waals surface area (Å²) in [6.45, 7) is 1.90. The zero-order chi connectivity index (χ0) is 13.9. The maximum absolute atomic E-state index is 5.42. The van der Waals surface area contributed by atoms with Crippen molar-refractivity contribution in [2.45, 2.75) is 12.5 Å². The van der Waals surface area contributed by atoms with Crippen LogP contribution in [0.3, 0.4) is 0 Å². The van der Waals surface area contributed by atoms with Gasteiger partial charge in [0.1, 0.15) is 5.75 Å². The summed E-state index contributed by atoms with van der Waals surface area (Å²) in [6.07, 6.45) is 1.05. The fourth-order valence-electron chi connectivity index (χ4n) is 2.52. The molecule has 0 amide bonds. The second kappa shape index (κ2) is 5.36. The minimum Gasteiger partial charge on any atom is -0.495 e. The average Bonchev–Trinajstić information content (AvgIpc) is 3.09. The Morgan fingerprint density at radius 3 is 2.95 bits per heavy atom. The molecule has 1 N–H and O–H groups in total. The van der Waals surface area contributed by atoms with E-state index in [4.69, 9.17) is 4.74 Å². The van der Waals surface area contributed by atoms with E-state index in [1.165, 1.54) is 0 Å². The number of aromatic nitrogens is 4. The van der Waals surface area contributed by atoms with E-state index >= 15 is 0 Å². The van der Waals surface area contributed by atoms with Gasteiger partial charge in [-0.15, -0.1) is 0 Å². The maximum Gasteiger partial charge on any atom is 0.242 e. The van der Waals surface area contributed by atoms with Crippen LogP contribution >= 0.6 is 0 Å². The van der Waals surface area contributed by atoms with Crippen LogP contribution in [0.2, 0.25) is 0 Å². The second-order valence-electron chi connectivity index (χ2n) is 4.87. The van der Waals surface area contributed by atoms with Crippen molar-refractivity contribution in [2.24, 2.45) is 7.05 Å². The maximum atomic E-state index is 5.42. The first-order valence-electron chi connectivity index (χ1n) is 6.65. The lowest BCUT2D eigenvalue weighted by atomic mass is 10.2. The lowest BCUT2D eigenvalue weighted by Gasteiger charge is -2.21. The normalized spacial score (nSPS) is 18.3. The summed E-state index contributed by atoms with van der Waals surface area (Å²) in [4.78, 5) is 2.32. The SMILES string of the molecule is COc1ccccc1N1CCC(Nc2nnnn2C)C1. The van der Waals surface area contributed by atoms with Crippen molar-refractivity contribution in [3.8, 4) is 5.75 Å². The lowest BCUT2D eigenvalue weighted by Crippen LogP contribution is -2.27. The highest BCUT2D eigenvalue weighted by Gasteiger charge is 2.25. The molecule has 2 heterocycles. The number of hydrogen-bond donors (Lipinski definition) is 1. The van der Waals surface area contributed by atoms with Gasteiger partial charge in [0, 0.05) is 26.2 Å². The first kappa shape index (κ1) is 12.7. The van der Waals surface area contributed by atoms with E-state index in [0.717, 1.165) is 30.9 Å². The van der Waals surface area contributed by atoms with Gasteiger partial charge in [-0.3, -0.25) is 0 Å². The second-order valence-corrected chi connectivity index (χ2v) is 4.87. The summed E-state index contributed by atoms with van der Waals surface area (Å²) in [7, 11) is 3.53. The van der Waals surface area contributed by atoms with Gasteiger partial charge in [-0.2, -0.15) is 0 Å². The van der Waals surface area contributed by atoms with Crippen molar-refractivity contribution < 1.29 is 4.74 Å². The van der Waals surface area contributed by atoms with Crippen molar-refractivity contribution in [3.63, 3.8) is 0 Å². The molecule has 7 heteroatoms. The molecule has 0 radical (unpaired) electrons. The van der Waals surface area contributed by atoms with Gasteiger partial charge < -0.3 is 15.0 Å². The minimum atomic E-state index is 0.338. The van der Waals surface area contributed by atoms with Crippen LogP contribution in [0.1, 0.15) is 6.42 Å². The molecule has 1 aliphatic heterocycles. The van der Waals surface area contributed by atoms with Crippen LogP contribution in [0, 0.1) is 0 Å². The summed E-state index contributed by atoms with van der Waals surface area (Å²) < 4.78 is 7.06. The highest BCUT2D eigenvalue weighted by Crippen LogP contribution is 2.30. The number of hydrogen-bond acceptors (Lipinski definition) is 6. The molecule has 20 heavy (non-hydrogen) atoms. The van der Waals surface area contributed by atoms with Gasteiger partial charge in [-0.25, -0.2) is 4.68 Å². The van der Waals surface area contributed by atoms with Crippen LogP contribution in [-0.4, -0.2) is 46.4 Å². The van der Waals surface area contributed by atoms with E-state index in [2.05, 4.69) is 31.8 Å². The van der Waals surface area contributed by atoms with Gasteiger partial charge in [-0.05, 0) is 29.0 Å². The molecule has 0 saturated carbocycles. The van der Waals surface area contributed by atoms with Crippen LogP contribution in [-0.2, 0) is 7.05 Å². The molecule has 0 spiro atoms. The number of tetrazole rings is 1. The summed E-state index contributed by atoms with van der Waals surface area (Å²) in [5.74, 6) is 1.62. The number of rotatable bonds is 4. The number of nitrogens with one attached hydrogen (secondary N) is 1. The number of benzene rings is 1. The van der Waals surface area contributed by atoms with Gasteiger partial charge in [0.15, 0.2) is 0 Å². The summed E-state index contributed by atoms with van der Waals surface area (Å²) in [6, 6.07) is 8.43. The van der Waals surface area contributed by atoms with Gasteiger partial charge in [0.05, 0.1) is 12.8 Å². The van der Waals surface area contributed by atoms with E-state index < -0.39 is 0 Å². The molecule has 1 unspecified atom stereocenters. The largest absolute Gasteiger partial charge is 0.495 e. The molecule has 2 aromatic rings. The van der Waals surface area contributed by atoms with Crippen molar-refractivity contribution in [3.05, 3.63) is 24.3 Å². The van der Waals surface area contributed by atoms with Gasteiger partial charge in [0.25, 0.3) is 0 Å². The minimum absolute atomic E-state index is 0.338. The molecule has 1 atom stereocenters. The fraction of sp³-hybridized carbons (Fsp3) is 0.462. The van der Waals surface area contributed by atoms with E-state index in [-0.39, 0.29) is 0 Å². The predicted molar refractivity (Wildman–Crippen MR) is 76.0 cm³/mol. The standard InChI is InChI=1S/C13H18N6O/c1-18-13(15-16-17-18)14-10-7-8-19(9-10)11-5-3-4-6-12(11)20-2/h3-6,10H,7-9H2,1-2H3,(H,14,15,17). The molecule has 7 nitrogen and oxygen atoms in total. The third kappa shape index (κ3) is 2.38. The Morgan fingerprint density at radius 1 is 1.35 bits per heavy atom. The topological polar surface area (TPSA) is 68.1 Å². The molecule has 0 aliphatic carbocycles. The smallest absolute Gasteiger partial charge is 0.242 e. The number of para-hydroxylation sites is 2. The Balaban J connectivity index is 1.69. The first-order chi connectivity index (χ1) is 9.78. The number of anilines is 2. The number of methoxy groups -OCH3 is 1. The van der Waals surface area contributed by atoms with Gasteiger partial charge >= 0.3 is 0 Å². The molecule has 1 aromatic heterocycles. The number of ether oxygens (including phenoxy) is 1. The van der Waals surface area contributed by atoms with Crippen LogP contribution in [0.5, 0.6) is 5.75 Å². The average molecular weight is 274 g/mol. The molecule has 1 aromatic carbocycles. The molecule has 3 rings (SSSR count). The lowest BCUT2D eigenvalue weighted by molar-refractivity contribution is 0.415. The third-order valence-electron chi connectivity index (χ3n) is 3.57. The van der Waals surface area contributed by atoms with Gasteiger partial charge in [-0.1, -0.05) is 17.2 Å². The summed E-state index contributed by atoms with van der Waals surface area (Å²) in [5, 5.41) is 14.8. The van der Waals surface area contributed by atoms with Crippen LogP contribution in [0.25, 0.3) is 0 Å². The fourth-order valence-corrected chi connectivity index (χ4v) is 2.52. The first-order valence-corrected chi connectivity index (χ1v) is 6.65. The Morgan fingerprint density at radius 2 is 2.20 bits per heavy atom. The quantitative estimate of drug-likeness (QED) is 0.894. The summed E-state index contributed by atoms with van der Waals surface area (Å²) in [5.41, 5.74) is 1.13. The molecular weight excluding hydrogens is 256 g/mol. The highest BCUT2D eigenvalue weighted by molar-refractivity contribution is 5.59. The van der Waals surface area contributed by atoms with E-state index in [9.17, 15) is 0 Å². The molecule has 106 valence electrons. The molecule has 0 bridgehead atoms. The molecule has 1 aliphatic rings. The molecular formula is C13H18N6O. The van der Waals surface area contributed by atoms with E-state index in [1.54, 1.807) is 11.8 Å². The van der Waals surface area contributed by atoms with Crippen molar-refractivity contribution in [1.29, 1.82) is 0 Å². The monoisotopic (exact) mass is 274 g/mol. The van der Waals surface area contributed by atoms with E-state index in [0.29, 0.717) is 12.0 Å². The van der Waals surface area contributed by atoms with Crippen molar-refractivity contribution in [2.75, 3.05) is 30.4 Å². The van der Waals surface area contributed by atoms with Crippen LogP contribution in [0.4, 0.5) is 11.6 Å². The zero-order valence-corrected chi connectivity index (χ0v) is 11.7. The van der Waals surface area contributed by atoms with Crippen LogP contribution < -0.4 is 15.0 Å². The Kier molecular flexibility index (Phi) is 3.41. The third-order valence-corrected chi connectivity index (χ3v) is 3.57. The van der Waals surface area contributed by atoms with Gasteiger partial charge in [0.2, 0.25) is 5.95 Å². The zero-order valence-electron chi connectivity index (χ0n) is 11.7. The van der Waals surface area contributed by atoms with Crippen molar-refractivity contribution in [1.82, 2.24) is 20.2 Å². The predicted octanol–water partition coefficient (Wildman–Crippen LogP) is 0.909.